The van der Waals surface area contributed by atoms with Crippen LogP contribution < -0.4 is 0 Å². The van der Waals surface area contributed by atoms with Crippen molar-refractivity contribution in [3.8, 4) is 22.3 Å². The molecule has 1 heteroatoms. The van der Waals surface area contributed by atoms with Crippen LogP contribution in [0.2, 0.25) is 5.02 Å². The van der Waals surface area contributed by atoms with Gasteiger partial charge >= 0.3 is 0 Å². The Bertz CT molecular complexity index is 993. The summed E-state index contributed by atoms with van der Waals surface area (Å²) in [4.78, 5) is 0. The summed E-state index contributed by atoms with van der Waals surface area (Å²) in [7, 11) is 0. The van der Waals surface area contributed by atoms with Gasteiger partial charge < -0.3 is 0 Å². The van der Waals surface area contributed by atoms with Crippen molar-refractivity contribution in [2.24, 2.45) is 0 Å². The second-order valence-corrected chi connectivity index (χ2v) is 7.60. The lowest BCUT2D eigenvalue weighted by atomic mass is 9.81. The first-order valence-electron chi connectivity index (χ1n) is 8.69. The Morgan fingerprint density at radius 1 is 0.800 bits per heavy atom. The Hall–Kier alpha value is -2.31. The Morgan fingerprint density at radius 3 is 2.36 bits per heavy atom. The summed E-state index contributed by atoms with van der Waals surface area (Å²) in [6, 6.07) is 21.7. The molecule has 0 spiro atoms. The van der Waals surface area contributed by atoms with Crippen LogP contribution >= 0.6 is 11.6 Å². The highest BCUT2D eigenvalue weighted by Crippen LogP contribution is 2.49. The van der Waals surface area contributed by atoms with Crippen molar-refractivity contribution in [3.05, 3.63) is 88.5 Å². The van der Waals surface area contributed by atoms with Crippen molar-refractivity contribution in [1.29, 1.82) is 0 Å². The minimum absolute atomic E-state index is 0.0151. The van der Waals surface area contributed by atoms with Gasteiger partial charge in [0.05, 0.1) is 0 Å². The minimum Gasteiger partial charge on any atom is -0.0870 e. The largest absolute Gasteiger partial charge is 0.0870 e. The zero-order chi connectivity index (χ0) is 17.6. The van der Waals surface area contributed by atoms with Crippen molar-refractivity contribution < 1.29 is 0 Å². The molecule has 1 aliphatic carbocycles. The first-order chi connectivity index (χ1) is 12.0. The summed E-state index contributed by atoms with van der Waals surface area (Å²) >= 11 is 6.29. The van der Waals surface area contributed by atoms with Gasteiger partial charge in [-0.15, -0.1) is 0 Å². The molecule has 0 aromatic heterocycles. The maximum absolute atomic E-state index is 6.29. The molecule has 0 heterocycles. The summed E-state index contributed by atoms with van der Waals surface area (Å²) in [6.45, 7) is 6.67. The van der Waals surface area contributed by atoms with Gasteiger partial charge in [0, 0.05) is 10.4 Å². The molecule has 0 unspecified atom stereocenters. The van der Waals surface area contributed by atoms with E-state index in [1.807, 2.05) is 13.0 Å². The zero-order valence-electron chi connectivity index (χ0n) is 14.8. The van der Waals surface area contributed by atoms with Crippen LogP contribution in [0.1, 0.15) is 37.5 Å². The molecule has 3 aromatic carbocycles. The molecule has 0 saturated carbocycles. The summed E-state index contributed by atoms with van der Waals surface area (Å²) in [6.07, 6.45) is 4.21. The molecule has 0 aliphatic heterocycles. The van der Waals surface area contributed by atoms with E-state index in [-0.39, 0.29) is 5.41 Å². The first-order valence-corrected chi connectivity index (χ1v) is 9.07. The average molecular weight is 345 g/mol. The molecule has 4 rings (SSSR count). The fourth-order valence-electron chi connectivity index (χ4n) is 3.98. The first kappa shape index (κ1) is 16.2. The molecule has 25 heavy (non-hydrogen) atoms. The standard InChI is InChI=1S/C24H21Cl/c1-4-7-16-10-12-18(25)15-21(16)17-11-13-20-19-8-5-6-9-22(19)24(2,3)23(20)14-17/h4-15H,1-3H3. The number of rotatable bonds is 2. The Morgan fingerprint density at radius 2 is 1.56 bits per heavy atom. The lowest BCUT2D eigenvalue weighted by molar-refractivity contribution is 0.660. The van der Waals surface area contributed by atoms with Crippen molar-refractivity contribution in [2.75, 3.05) is 0 Å². The van der Waals surface area contributed by atoms with Crippen LogP contribution in [0.25, 0.3) is 28.3 Å². The lowest BCUT2D eigenvalue weighted by Crippen LogP contribution is -2.14. The molecular formula is C24H21Cl. The van der Waals surface area contributed by atoms with E-state index in [2.05, 4.69) is 80.6 Å². The van der Waals surface area contributed by atoms with E-state index in [4.69, 9.17) is 11.6 Å². The Balaban J connectivity index is 1.93. The summed E-state index contributed by atoms with van der Waals surface area (Å²) < 4.78 is 0. The van der Waals surface area contributed by atoms with E-state index in [0.29, 0.717) is 0 Å². The number of fused-ring (bicyclic) bond motifs is 3. The monoisotopic (exact) mass is 344 g/mol. The highest BCUT2D eigenvalue weighted by molar-refractivity contribution is 6.31. The SMILES string of the molecule is CC=Cc1ccc(Cl)cc1-c1ccc2c(c1)C(C)(C)c1ccccc1-2. The van der Waals surface area contributed by atoms with E-state index >= 15 is 0 Å². The fourth-order valence-corrected chi connectivity index (χ4v) is 4.15. The van der Waals surface area contributed by atoms with E-state index in [9.17, 15) is 0 Å². The van der Waals surface area contributed by atoms with Crippen LogP contribution in [0.4, 0.5) is 0 Å². The van der Waals surface area contributed by atoms with Crippen LogP contribution in [0, 0.1) is 0 Å². The van der Waals surface area contributed by atoms with Crippen molar-refractivity contribution in [3.63, 3.8) is 0 Å². The average Bonchev–Trinajstić information content (AvgIpc) is 2.85. The van der Waals surface area contributed by atoms with Crippen LogP contribution in [-0.2, 0) is 5.41 Å². The highest BCUT2D eigenvalue weighted by Gasteiger charge is 2.35. The molecule has 0 radical (unpaired) electrons. The highest BCUT2D eigenvalue weighted by atomic mass is 35.5. The minimum atomic E-state index is 0.0151. The number of benzene rings is 3. The number of halogens is 1. The quantitative estimate of drug-likeness (QED) is 0.456. The third kappa shape index (κ3) is 2.53. The van der Waals surface area contributed by atoms with Gasteiger partial charge in [0.25, 0.3) is 0 Å². The summed E-state index contributed by atoms with van der Waals surface area (Å²) in [5.74, 6) is 0. The summed E-state index contributed by atoms with van der Waals surface area (Å²) in [5, 5.41) is 0.770. The van der Waals surface area contributed by atoms with Crippen LogP contribution in [0.5, 0.6) is 0 Å². The molecular weight excluding hydrogens is 324 g/mol. The molecule has 0 amide bonds. The maximum Gasteiger partial charge on any atom is 0.0412 e. The molecule has 0 atom stereocenters. The van der Waals surface area contributed by atoms with Crippen LogP contribution in [0.3, 0.4) is 0 Å². The number of allylic oxidation sites excluding steroid dienone is 1. The fraction of sp³-hybridized carbons (Fsp3) is 0.167. The van der Waals surface area contributed by atoms with Gasteiger partial charge in [-0.1, -0.05) is 80.1 Å². The van der Waals surface area contributed by atoms with E-state index in [1.54, 1.807) is 0 Å². The molecule has 0 saturated heterocycles. The van der Waals surface area contributed by atoms with E-state index < -0.39 is 0 Å². The van der Waals surface area contributed by atoms with Crippen molar-refractivity contribution in [2.45, 2.75) is 26.2 Å². The van der Waals surface area contributed by atoms with E-state index in [1.165, 1.54) is 38.9 Å². The Labute approximate surface area is 154 Å². The van der Waals surface area contributed by atoms with Gasteiger partial charge in [-0.3, -0.25) is 0 Å². The lowest BCUT2D eigenvalue weighted by Gasteiger charge is -2.22. The molecule has 1 aliphatic rings. The topological polar surface area (TPSA) is 0 Å². The van der Waals surface area contributed by atoms with Crippen LogP contribution in [0.15, 0.2) is 66.7 Å². The predicted molar refractivity (Wildman–Crippen MR) is 109 cm³/mol. The summed E-state index contributed by atoms with van der Waals surface area (Å²) in [5.41, 5.74) is 9.10. The number of hydrogen-bond donors (Lipinski definition) is 0. The van der Waals surface area contributed by atoms with Crippen molar-refractivity contribution >= 4 is 17.7 Å². The Kier molecular flexibility index (Phi) is 3.81. The predicted octanol–water partition coefficient (Wildman–Crippen LogP) is 7.35. The molecule has 124 valence electrons. The second-order valence-electron chi connectivity index (χ2n) is 7.16. The van der Waals surface area contributed by atoms with Gasteiger partial charge in [-0.2, -0.15) is 0 Å². The number of hydrogen-bond acceptors (Lipinski definition) is 0. The molecule has 0 bridgehead atoms. The second kappa shape index (κ2) is 5.89. The maximum atomic E-state index is 6.29. The van der Waals surface area contributed by atoms with Crippen molar-refractivity contribution in [1.82, 2.24) is 0 Å². The molecule has 0 fully saturated rings. The van der Waals surface area contributed by atoms with Crippen LogP contribution in [-0.4, -0.2) is 0 Å². The normalized spacial score (nSPS) is 14.6. The van der Waals surface area contributed by atoms with E-state index in [0.717, 1.165) is 5.02 Å². The zero-order valence-corrected chi connectivity index (χ0v) is 15.6. The smallest absolute Gasteiger partial charge is 0.0412 e. The molecule has 0 nitrogen and oxygen atoms in total. The van der Waals surface area contributed by atoms with Gasteiger partial charge in [-0.05, 0) is 64.1 Å². The van der Waals surface area contributed by atoms with Gasteiger partial charge in [0.2, 0.25) is 0 Å². The molecule has 3 aromatic rings. The third-order valence-electron chi connectivity index (χ3n) is 5.26. The van der Waals surface area contributed by atoms with Gasteiger partial charge in [-0.25, -0.2) is 0 Å². The third-order valence-corrected chi connectivity index (χ3v) is 5.49. The van der Waals surface area contributed by atoms with Gasteiger partial charge in [0.1, 0.15) is 0 Å². The van der Waals surface area contributed by atoms with Gasteiger partial charge in [0.15, 0.2) is 0 Å². The molecule has 0 N–H and O–H groups in total.